The molecule has 2 aromatic rings. The Kier molecular flexibility index (Phi) is 3.52. The number of anilines is 1. The van der Waals surface area contributed by atoms with Crippen LogP contribution in [-0.2, 0) is 6.54 Å². The number of rotatable bonds is 4. The first-order chi connectivity index (χ1) is 8.66. The van der Waals surface area contributed by atoms with E-state index in [0.717, 1.165) is 0 Å². The van der Waals surface area contributed by atoms with Gasteiger partial charge in [0, 0.05) is 6.20 Å². The lowest BCUT2D eigenvalue weighted by atomic mass is 10.2. The van der Waals surface area contributed by atoms with Crippen molar-refractivity contribution in [1.82, 2.24) is 4.98 Å². The topological polar surface area (TPSA) is 62.2 Å². The molecule has 18 heavy (non-hydrogen) atoms. The summed E-state index contributed by atoms with van der Waals surface area (Å²) in [5, 5.41) is 11.6. The number of benzene rings is 1. The molecule has 1 aromatic heterocycles. The van der Waals surface area contributed by atoms with E-state index in [2.05, 4.69) is 10.3 Å². The van der Waals surface area contributed by atoms with Crippen LogP contribution in [0.25, 0.3) is 0 Å². The van der Waals surface area contributed by atoms with Crippen molar-refractivity contribution < 1.29 is 14.3 Å². The van der Waals surface area contributed by atoms with Crippen molar-refractivity contribution >= 4 is 11.7 Å². The molecular formula is C13H11FN2O2. The lowest BCUT2D eigenvalue weighted by Gasteiger charge is -2.06. The third-order valence-corrected chi connectivity index (χ3v) is 2.41. The molecule has 4 nitrogen and oxygen atoms in total. The summed E-state index contributed by atoms with van der Waals surface area (Å²) in [6.07, 6.45) is 1.28. The molecule has 0 aliphatic rings. The highest BCUT2D eigenvalue weighted by atomic mass is 19.1. The van der Waals surface area contributed by atoms with Crippen molar-refractivity contribution in [3.63, 3.8) is 0 Å². The normalized spacial score (nSPS) is 10.1. The highest BCUT2D eigenvalue weighted by Gasteiger charge is 2.04. The average Bonchev–Trinajstić information content (AvgIpc) is 2.38. The highest BCUT2D eigenvalue weighted by molar-refractivity contribution is 5.87. The van der Waals surface area contributed by atoms with Crippen LogP contribution in [0.3, 0.4) is 0 Å². The summed E-state index contributed by atoms with van der Waals surface area (Å²) in [5.41, 5.74) is 1.16. The van der Waals surface area contributed by atoms with E-state index in [9.17, 15) is 9.18 Å². The fourth-order valence-electron chi connectivity index (χ4n) is 1.45. The van der Waals surface area contributed by atoms with Crippen molar-refractivity contribution in [2.75, 3.05) is 5.32 Å². The average molecular weight is 246 g/mol. The van der Waals surface area contributed by atoms with Crippen LogP contribution >= 0.6 is 0 Å². The molecule has 0 aliphatic carbocycles. The molecule has 0 fully saturated rings. The van der Waals surface area contributed by atoms with Gasteiger partial charge in [-0.3, -0.25) is 4.98 Å². The number of carboxylic acids is 1. The number of hydrogen-bond acceptors (Lipinski definition) is 3. The molecule has 0 saturated carbocycles. The Labute approximate surface area is 103 Å². The largest absolute Gasteiger partial charge is 0.478 e. The lowest BCUT2D eigenvalue weighted by Crippen LogP contribution is -2.04. The summed E-state index contributed by atoms with van der Waals surface area (Å²) in [6.45, 7) is 0.334. The van der Waals surface area contributed by atoms with Gasteiger partial charge in [0.1, 0.15) is 5.82 Å². The molecule has 0 bridgehead atoms. The van der Waals surface area contributed by atoms with Crippen LogP contribution in [0.4, 0.5) is 10.1 Å². The second-order valence-corrected chi connectivity index (χ2v) is 3.68. The maximum atomic E-state index is 13.3. The van der Waals surface area contributed by atoms with Gasteiger partial charge in [-0.2, -0.15) is 0 Å². The first kappa shape index (κ1) is 12.0. The molecule has 2 rings (SSSR count). The molecule has 0 amide bonds. The van der Waals surface area contributed by atoms with Gasteiger partial charge in [-0.15, -0.1) is 0 Å². The first-order valence-electron chi connectivity index (χ1n) is 5.33. The summed E-state index contributed by atoms with van der Waals surface area (Å²) < 4.78 is 13.3. The summed E-state index contributed by atoms with van der Waals surface area (Å²) in [6, 6.07) is 9.39. The highest BCUT2D eigenvalue weighted by Crippen LogP contribution is 2.13. The molecule has 1 heterocycles. The number of nitrogens with one attached hydrogen (secondary N) is 1. The van der Waals surface area contributed by atoms with E-state index in [-0.39, 0.29) is 11.4 Å². The maximum absolute atomic E-state index is 13.3. The van der Waals surface area contributed by atoms with E-state index < -0.39 is 5.97 Å². The van der Waals surface area contributed by atoms with Crippen molar-refractivity contribution in [2.24, 2.45) is 0 Å². The smallest absolute Gasteiger partial charge is 0.337 e. The van der Waals surface area contributed by atoms with Crippen molar-refractivity contribution in [1.29, 1.82) is 0 Å². The van der Waals surface area contributed by atoms with Crippen LogP contribution in [-0.4, -0.2) is 16.1 Å². The van der Waals surface area contributed by atoms with Gasteiger partial charge >= 0.3 is 5.97 Å². The van der Waals surface area contributed by atoms with Crippen LogP contribution in [0.15, 0.2) is 42.6 Å². The van der Waals surface area contributed by atoms with Crippen LogP contribution < -0.4 is 5.32 Å². The molecule has 0 spiro atoms. The van der Waals surface area contributed by atoms with E-state index in [0.29, 0.717) is 17.9 Å². The van der Waals surface area contributed by atoms with Gasteiger partial charge in [-0.1, -0.05) is 12.1 Å². The number of aromatic carboxylic acids is 1. The molecule has 0 atom stereocenters. The zero-order valence-corrected chi connectivity index (χ0v) is 9.43. The van der Waals surface area contributed by atoms with Gasteiger partial charge in [0.05, 0.1) is 23.5 Å². The Morgan fingerprint density at radius 2 is 2.06 bits per heavy atom. The Morgan fingerprint density at radius 3 is 2.67 bits per heavy atom. The third-order valence-electron chi connectivity index (χ3n) is 2.41. The molecule has 2 N–H and O–H groups in total. The Hall–Kier alpha value is -2.43. The van der Waals surface area contributed by atoms with Gasteiger partial charge in [0.2, 0.25) is 0 Å². The number of carbonyl (C=O) groups is 1. The van der Waals surface area contributed by atoms with E-state index in [1.807, 2.05) is 0 Å². The van der Waals surface area contributed by atoms with Crippen LogP contribution in [0, 0.1) is 5.82 Å². The summed E-state index contributed by atoms with van der Waals surface area (Å²) in [5.74, 6) is -1.35. The van der Waals surface area contributed by atoms with Crippen LogP contribution in [0.1, 0.15) is 16.1 Å². The van der Waals surface area contributed by atoms with E-state index in [1.54, 1.807) is 24.3 Å². The molecule has 0 aliphatic heterocycles. The maximum Gasteiger partial charge on any atom is 0.337 e. The summed E-state index contributed by atoms with van der Waals surface area (Å²) >= 11 is 0. The van der Waals surface area contributed by atoms with Crippen LogP contribution in [0.5, 0.6) is 0 Å². The minimum Gasteiger partial charge on any atom is -0.478 e. The summed E-state index contributed by atoms with van der Waals surface area (Å²) in [7, 11) is 0. The zero-order chi connectivity index (χ0) is 13.0. The Bertz CT molecular complexity index is 555. The second-order valence-electron chi connectivity index (χ2n) is 3.68. The van der Waals surface area contributed by atoms with Crippen LogP contribution in [0.2, 0.25) is 0 Å². The third kappa shape index (κ3) is 2.82. The molecule has 0 saturated heterocycles. The molecule has 1 aromatic carbocycles. The first-order valence-corrected chi connectivity index (χ1v) is 5.33. The second kappa shape index (κ2) is 5.27. The zero-order valence-electron chi connectivity index (χ0n) is 9.43. The van der Waals surface area contributed by atoms with E-state index in [1.165, 1.54) is 18.3 Å². The van der Waals surface area contributed by atoms with Gasteiger partial charge < -0.3 is 10.4 Å². The fraction of sp³-hybridized carbons (Fsp3) is 0.0769. The quantitative estimate of drug-likeness (QED) is 0.870. The Balaban J connectivity index is 2.02. The number of pyridine rings is 1. The molecule has 0 radical (unpaired) electrons. The standard InChI is InChI=1S/C13H11FN2O2/c14-11-3-1-2-4-12(11)16-8-10-6-5-9(7-15-10)13(17)18/h1-7,16H,8H2,(H,17,18). The Morgan fingerprint density at radius 1 is 1.28 bits per heavy atom. The molecule has 5 heteroatoms. The summed E-state index contributed by atoms with van der Waals surface area (Å²) in [4.78, 5) is 14.6. The van der Waals surface area contributed by atoms with Crippen molar-refractivity contribution in [2.45, 2.75) is 6.54 Å². The lowest BCUT2D eigenvalue weighted by molar-refractivity contribution is 0.0696. The molecule has 92 valence electrons. The minimum absolute atomic E-state index is 0.129. The fourth-order valence-corrected chi connectivity index (χ4v) is 1.45. The number of halogens is 1. The van der Waals surface area contributed by atoms with Crippen molar-refractivity contribution in [3.05, 3.63) is 59.7 Å². The number of carboxylic acid groups (broad SMARTS) is 1. The molecular weight excluding hydrogens is 235 g/mol. The number of aromatic nitrogens is 1. The van der Waals surface area contributed by atoms with Gasteiger partial charge in [0.15, 0.2) is 0 Å². The number of hydrogen-bond donors (Lipinski definition) is 2. The molecule has 0 unspecified atom stereocenters. The number of nitrogens with zero attached hydrogens (tertiary/aromatic N) is 1. The van der Waals surface area contributed by atoms with E-state index in [4.69, 9.17) is 5.11 Å². The van der Waals surface area contributed by atoms with Crippen molar-refractivity contribution in [3.8, 4) is 0 Å². The predicted octanol–water partition coefficient (Wildman–Crippen LogP) is 2.53. The van der Waals surface area contributed by atoms with Gasteiger partial charge in [-0.25, -0.2) is 9.18 Å². The minimum atomic E-state index is -1.02. The monoisotopic (exact) mass is 246 g/mol. The number of para-hydroxylation sites is 1. The SMILES string of the molecule is O=C(O)c1ccc(CNc2ccccc2F)nc1. The van der Waals surface area contributed by atoms with Gasteiger partial charge in [-0.05, 0) is 24.3 Å². The predicted molar refractivity (Wildman–Crippen MR) is 64.9 cm³/mol. The van der Waals surface area contributed by atoms with Gasteiger partial charge in [0.25, 0.3) is 0 Å². The van der Waals surface area contributed by atoms with E-state index >= 15 is 0 Å².